The highest BCUT2D eigenvalue weighted by Crippen LogP contribution is 2.52. The molecule has 3 N–H and O–H groups in total. The molecule has 0 fully saturated rings. The summed E-state index contributed by atoms with van der Waals surface area (Å²) in [5, 5.41) is 8.61. The zero-order valence-electron chi connectivity index (χ0n) is 20.8. The van der Waals surface area contributed by atoms with E-state index < -0.39 is 12.9 Å². The fourth-order valence-corrected chi connectivity index (χ4v) is 4.85. The summed E-state index contributed by atoms with van der Waals surface area (Å²) in [7, 11) is 0.955. The van der Waals surface area contributed by atoms with Gasteiger partial charge in [-0.1, -0.05) is 69.8 Å². The highest BCUT2D eigenvalue weighted by Gasteiger charge is 2.48. The van der Waals surface area contributed by atoms with Crippen molar-refractivity contribution in [2.45, 2.75) is 109 Å². The Labute approximate surface area is 192 Å². The van der Waals surface area contributed by atoms with Crippen LogP contribution in [0.3, 0.4) is 0 Å². The lowest BCUT2D eigenvalue weighted by molar-refractivity contribution is -0.875. The molecule has 0 spiro atoms. The van der Waals surface area contributed by atoms with Crippen LogP contribution in [0.15, 0.2) is 24.3 Å². The van der Waals surface area contributed by atoms with Crippen LogP contribution in [-0.4, -0.2) is 52.4 Å². The maximum absolute atomic E-state index is 11.8. The predicted molar refractivity (Wildman–Crippen MR) is 133 cm³/mol. The van der Waals surface area contributed by atoms with Crippen LogP contribution in [0.4, 0.5) is 0 Å². The van der Waals surface area contributed by atoms with Crippen molar-refractivity contribution in [2.75, 3.05) is 27.7 Å². The Balaban J connectivity index is 3.69. The van der Waals surface area contributed by atoms with Gasteiger partial charge in [0.15, 0.2) is 0 Å². The van der Waals surface area contributed by atoms with E-state index in [1.807, 2.05) is 21.1 Å². The van der Waals surface area contributed by atoms with Gasteiger partial charge in [0, 0.05) is 0 Å². The molecule has 0 bridgehead atoms. The third kappa shape index (κ3) is 17.7. The molecule has 31 heavy (non-hydrogen) atoms. The zero-order valence-corrected chi connectivity index (χ0v) is 21.7. The number of hydrogen-bond acceptors (Lipinski definition) is 2. The monoisotopic (exact) mass is 460 g/mol. The normalized spacial score (nSPS) is 15.2. The second-order valence-electron chi connectivity index (χ2n) is 10.0. The van der Waals surface area contributed by atoms with Gasteiger partial charge in [-0.25, -0.2) is 0 Å². The number of allylic oxidation sites excluding steroid dienone is 4. The zero-order chi connectivity index (χ0) is 23.6. The van der Waals surface area contributed by atoms with Crippen molar-refractivity contribution in [1.82, 2.24) is 0 Å². The first-order chi connectivity index (χ1) is 14.5. The lowest BCUT2D eigenvalue weighted by Crippen LogP contribution is -2.49. The fraction of sp³-hybridized carbons (Fsp3) is 0.840. The minimum Gasteiger partial charge on any atom is -0.373 e. The average Bonchev–Trinajstić information content (AvgIpc) is 2.65. The van der Waals surface area contributed by atoms with Gasteiger partial charge in [0.25, 0.3) is 0 Å². The molecule has 6 heteroatoms. The molecular weight excluding hydrogens is 409 g/mol. The minimum absolute atomic E-state index is 0.0537. The molecule has 0 saturated carbocycles. The summed E-state index contributed by atoms with van der Waals surface area (Å²) < 4.78 is 12.1. The number of nitrogens with zero attached hydrogens (tertiary/aromatic N) is 1. The summed E-state index contributed by atoms with van der Waals surface area (Å²) in [6.07, 6.45) is 25.5. The number of unbranched alkanes of at least 4 members (excludes halogenated alkanes) is 11. The van der Waals surface area contributed by atoms with Gasteiger partial charge in [-0.15, -0.1) is 0 Å². The lowest BCUT2D eigenvalue weighted by atomic mass is 10.1. The maximum Gasteiger partial charge on any atom is 0.362 e. The summed E-state index contributed by atoms with van der Waals surface area (Å²) in [6.45, 7) is 2.27. The van der Waals surface area contributed by atoms with Crippen LogP contribution in [0.2, 0.25) is 0 Å². The second kappa shape index (κ2) is 17.1. The highest BCUT2D eigenvalue weighted by atomic mass is 31.2. The van der Waals surface area contributed by atoms with Crippen LogP contribution in [-0.2, 0) is 4.57 Å². The van der Waals surface area contributed by atoms with Crippen LogP contribution in [0.1, 0.15) is 103 Å². The molecule has 0 aliphatic rings. The quantitative estimate of drug-likeness (QED) is 0.0834. The van der Waals surface area contributed by atoms with Gasteiger partial charge < -0.3 is 19.4 Å². The second-order valence-corrected chi connectivity index (χ2v) is 11.9. The molecule has 1 unspecified atom stereocenters. The molecule has 0 rings (SSSR count). The molecule has 0 aromatic heterocycles. The van der Waals surface area contributed by atoms with Crippen LogP contribution < -0.4 is 0 Å². The van der Waals surface area contributed by atoms with Crippen LogP contribution >= 0.6 is 7.60 Å². The Morgan fingerprint density at radius 3 is 1.48 bits per heavy atom. The summed E-state index contributed by atoms with van der Waals surface area (Å²) in [6, 6.07) is 0. The molecule has 0 aliphatic heterocycles. The molecule has 0 aromatic carbocycles. The van der Waals surface area contributed by atoms with Crippen molar-refractivity contribution < 1.29 is 23.9 Å². The van der Waals surface area contributed by atoms with Gasteiger partial charge in [-0.3, -0.25) is 4.57 Å². The number of hydrogen-bond donors (Lipinski definition) is 3. The Morgan fingerprint density at radius 2 is 1.10 bits per heavy atom. The Morgan fingerprint density at radius 1 is 0.710 bits per heavy atom. The summed E-state index contributed by atoms with van der Waals surface area (Å²) >= 11 is 0. The number of aliphatic hydroxyl groups is 1. The Hall–Kier alpha value is -0.450. The average molecular weight is 461 g/mol. The van der Waals surface area contributed by atoms with Crippen molar-refractivity contribution >= 4 is 7.60 Å². The van der Waals surface area contributed by atoms with E-state index in [1.54, 1.807) is 0 Å². The summed E-state index contributed by atoms with van der Waals surface area (Å²) in [5.74, 6) is 0. The molecule has 0 radical (unpaired) electrons. The molecule has 0 heterocycles. The Bertz CT molecular complexity index is 536. The Kier molecular flexibility index (Phi) is 16.8. The van der Waals surface area contributed by atoms with E-state index >= 15 is 0 Å². The molecule has 0 aliphatic carbocycles. The molecule has 1 atom stereocenters. The molecule has 0 amide bonds. The standard InChI is InChI=1S/C25H50NO4P/c1-5-6-7-8-9-10-11-12-13-14-15-16-17-18-19-20-21-22-23-25(27,31(28,29)30)24-26(2,3)4/h7-8,15-16,27H,5-6,9-14,17-24H2,1-4H3,(H-,28,29,30)/p+1/b8-7-,16-15-. The minimum atomic E-state index is -4.55. The van der Waals surface area contributed by atoms with Crippen molar-refractivity contribution in [1.29, 1.82) is 0 Å². The van der Waals surface area contributed by atoms with Gasteiger partial charge in [-0.05, 0) is 57.8 Å². The first-order valence-corrected chi connectivity index (χ1v) is 14.0. The van der Waals surface area contributed by atoms with Crippen LogP contribution in [0.5, 0.6) is 0 Å². The van der Waals surface area contributed by atoms with Crippen LogP contribution in [0.25, 0.3) is 0 Å². The predicted octanol–water partition coefficient (Wildman–Crippen LogP) is 6.54. The molecule has 184 valence electrons. The van der Waals surface area contributed by atoms with Gasteiger partial charge in [0.1, 0.15) is 6.54 Å². The number of rotatable bonds is 20. The first-order valence-electron chi connectivity index (χ1n) is 12.4. The van der Waals surface area contributed by atoms with E-state index in [2.05, 4.69) is 31.2 Å². The molecule has 0 aromatic rings. The molecular formula is C25H51NO4P+. The van der Waals surface area contributed by atoms with Gasteiger partial charge in [0.05, 0.1) is 21.1 Å². The number of likely N-dealkylation sites (N-methyl/N-ethyl adjacent to an activating group) is 1. The van der Waals surface area contributed by atoms with E-state index in [-0.39, 0.29) is 13.0 Å². The highest BCUT2D eigenvalue weighted by molar-refractivity contribution is 7.53. The van der Waals surface area contributed by atoms with Gasteiger partial charge in [-0.2, -0.15) is 0 Å². The molecule has 0 saturated heterocycles. The van der Waals surface area contributed by atoms with Crippen molar-refractivity contribution in [3.8, 4) is 0 Å². The van der Waals surface area contributed by atoms with Crippen LogP contribution in [0, 0.1) is 0 Å². The van der Waals surface area contributed by atoms with E-state index in [9.17, 15) is 19.5 Å². The number of quaternary nitrogens is 1. The molecule has 5 nitrogen and oxygen atoms in total. The van der Waals surface area contributed by atoms with Gasteiger partial charge >= 0.3 is 7.60 Å². The van der Waals surface area contributed by atoms with Crippen molar-refractivity contribution in [3.05, 3.63) is 24.3 Å². The maximum atomic E-state index is 11.8. The van der Waals surface area contributed by atoms with Crippen molar-refractivity contribution in [2.24, 2.45) is 0 Å². The van der Waals surface area contributed by atoms with Gasteiger partial charge in [0.2, 0.25) is 5.34 Å². The SMILES string of the molecule is CCC/C=C\CCCCCC/C=C\CCCCCCCC(O)(C[N+](C)(C)C)P(=O)(O)O. The van der Waals surface area contributed by atoms with E-state index in [1.165, 1.54) is 51.4 Å². The lowest BCUT2D eigenvalue weighted by Gasteiger charge is -2.35. The van der Waals surface area contributed by atoms with E-state index in [0.717, 1.165) is 32.1 Å². The van der Waals surface area contributed by atoms with E-state index in [4.69, 9.17) is 0 Å². The summed E-state index contributed by atoms with van der Waals surface area (Å²) in [5.41, 5.74) is 0. The largest absolute Gasteiger partial charge is 0.373 e. The third-order valence-corrected chi connectivity index (χ3v) is 6.95. The fourth-order valence-electron chi connectivity index (χ4n) is 3.79. The van der Waals surface area contributed by atoms with E-state index in [0.29, 0.717) is 10.9 Å². The topological polar surface area (TPSA) is 77.8 Å². The third-order valence-electron chi connectivity index (χ3n) is 5.50. The summed E-state index contributed by atoms with van der Waals surface area (Å²) in [4.78, 5) is 19.2. The van der Waals surface area contributed by atoms with Crippen molar-refractivity contribution in [3.63, 3.8) is 0 Å². The first kappa shape index (κ1) is 30.6. The smallest absolute Gasteiger partial charge is 0.362 e.